The Morgan fingerprint density at radius 2 is 1.69 bits per heavy atom. The molecule has 3 atom stereocenters. The van der Waals surface area contributed by atoms with Crippen molar-refractivity contribution in [2.45, 2.75) is 43.3 Å². The molecule has 0 radical (unpaired) electrons. The number of hydrogen-bond donors (Lipinski definition) is 3. The van der Waals surface area contributed by atoms with Gasteiger partial charge in [0.2, 0.25) is 11.8 Å². The van der Waals surface area contributed by atoms with E-state index < -0.39 is 11.6 Å². The number of anilines is 1. The zero-order valence-corrected chi connectivity index (χ0v) is 19.6. The molecule has 1 saturated carbocycles. The number of fused-ring (bicyclic) bond motifs is 1. The van der Waals surface area contributed by atoms with Gasteiger partial charge in [-0.25, -0.2) is 4.98 Å². The van der Waals surface area contributed by atoms with E-state index in [2.05, 4.69) is 10.3 Å². The number of nitrogens with two attached hydrogens (primary N) is 2. The summed E-state index contributed by atoms with van der Waals surface area (Å²) in [5, 5.41) is 3.03. The van der Waals surface area contributed by atoms with Crippen LogP contribution in [0.25, 0.3) is 0 Å². The van der Waals surface area contributed by atoms with Gasteiger partial charge in [0.25, 0.3) is 0 Å². The highest BCUT2D eigenvalue weighted by atomic mass is 16.2. The molecule has 1 aliphatic heterocycles. The lowest BCUT2D eigenvalue weighted by molar-refractivity contribution is -0.145. The molecule has 3 aromatic rings. The molecular formula is C28H31N5O2. The summed E-state index contributed by atoms with van der Waals surface area (Å²) in [5.41, 5.74) is 14.4. The second-order valence-electron chi connectivity index (χ2n) is 9.56. The van der Waals surface area contributed by atoms with Crippen molar-refractivity contribution < 1.29 is 9.59 Å². The molecule has 0 bridgehead atoms. The van der Waals surface area contributed by atoms with E-state index in [9.17, 15) is 9.59 Å². The minimum absolute atomic E-state index is 0.115. The van der Waals surface area contributed by atoms with Crippen molar-refractivity contribution in [2.75, 3.05) is 12.3 Å². The predicted molar refractivity (Wildman–Crippen MR) is 135 cm³/mol. The number of hydrogen-bond acceptors (Lipinski definition) is 5. The quantitative estimate of drug-likeness (QED) is 0.492. The molecule has 0 spiro atoms. The number of rotatable bonds is 7. The minimum Gasteiger partial charge on any atom is -0.384 e. The zero-order valence-electron chi connectivity index (χ0n) is 19.6. The number of benzene rings is 2. The van der Waals surface area contributed by atoms with Gasteiger partial charge >= 0.3 is 0 Å². The largest absolute Gasteiger partial charge is 0.384 e. The third-order valence-electron chi connectivity index (χ3n) is 7.41. The summed E-state index contributed by atoms with van der Waals surface area (Å²) in [6.45, 7) is 0.876. The molecular weight excluding hydrogens is 438 g/mol. The number of nitrogens with zero attached hydrogens (tertiary/aromatic N) is 2. The van der Waals surface area contributed by atoms with Gasteiger partial charge in [-0.1, -0.05) is 66.7 Å². The average Bonchev–Trinajstić information content (AvgIpc) is 3.65. The summed E-state index contributed by atoms with van der Waals surface area (Å²) in [7, 11) is 0. The lowest BCUT2D eigenvalue weighted by Gasteiger charge is -2.38. The van der Waals surface area contributed by atoms with Crippen molar-refractivity contribution >= 4 is 17.6 Å². The molecule has 2 aromatic carbocycles. The highest BCUT2D eigenvalue weighted by Crippen LogP contribution is 2.54. The Bertz CT molecular complexity index is 1150. The molecule has 1 saturated heterocycles. The SMILES string of the molecule is Nc1ccc(CNC(=O)[C@]23C[C@H]2CCCN3C(=O)[C@H](N)C(c2ccccc2)c2ccccc2)cn1. The first kappa shape index (κ1) is 23.1. The van der Waals surface area contributed by atoms with Crippen LogP contribution in [0.15, 0.2) is 79.0 Å². The van der Waals surface area contributed by atoms with Crippen LogP contribution in [0.3, 0.4) is 0 Å². The van der Waals surface area contributed by atoms with E-state index in [1.807, 2.05) is 66.7 Å². The molecule has 2 fully saturated rings. The fourth-order valence-electron chi connectivity index (χ4n) is 5.52. The highest BCUT2D eigenvalue weighted by Gasteiger charge is 2.66. The van der Waals surface area contributed by atoms with Gasteiger partial charge in [-0.05, 0) is 47.9 Å². The Morgan fingerprint density at radius 1 is 1.03 bits per heavy atom. The van der Waals surface area contributed by atoms with Crippen molar-refractivity contribution in [3.63, 3.8) is 0 Å². The van der Waals surface area contributed by atoms with Gasteiger partial charge in [-0.3, -0.25) is 9.59 Å². The summed E-state index contributed by atoms with van der Waals surface area (Å²) in [6, 6.07) is 22.5. The number of nitrogen functional groups attached to an aromatic ring is 1. The van der Waals surface area contributed by atoms with Gasteiger partial charge in [0, 0.05) is 25.2 Å². The number of amides is 2. The Kier molecular flexibility index (Phi) is 6.26. The van der Waals surface area contributed by atoms with Gasteiger partial charge in [0.1, 0.15) is 11.4 Å². The maximum atomic E-state index is 13.9. The van der Waals surface area contributed by atoms with Crippen LogP contribution in [0.2, 0.25) is 0 Å². The Balaban J connectivity index is 1.38. The molecule has 1 aliphatic carbocycles. The topological polar surface area (TPSA) is 114 Å². The number of carbonyl (C=O) groups excluding carboxylic acids is 2. The van der Waals surface area contributed by atoms with Gasteiger partial charge < -0.3 is 21.7 Å². The van der Waals surface area contributed by atoms with E-state index in [4.69, 9.17) is 11.5 Å². The van der Waals surface area contributed by atoms with Crippen molar-refractivity contribution in [1.29, 1.82) is 0 Å². The average molecular weight is 470 g/mol. The van der Waals surface area contributed by atoms with Crippen molar-refractivity contribution in [3.8, 4) is 0 Å². The Labute approximate surface area is 205 Å². The second kappa shape index (κ2) is 9.50. The first-order valence-electron chi connectivity index (χ1n) is 12.2. The van der Waals surface area contributed by atoms with Crippen LogP contribution in [-0.2, 0) is 16.1 Å². The lowest BCUT2D eigenvalue weighted by Crippen LogP contribution is -2.59. The van der Waals surface area contributed by atoms with E-state index in [1.54, 1.807) is 17.2 Å². The summed E-state index contributed by atoms with van der Waals surface area (Å²) >= 11 is 0. The molecule has 5 N–H and O–H groups in total. The maximum absolute atomic E-state index is 13.9. The molecule has 2 aliphatic rings. The molecule has 1 aromatic heterocycles. The number of aromatic nitrogens is 1. The number of nitrogens with one attached hydrogen (secondary N) is 1. The number of piperidine rings is 1. The monoisotopic (exact) mass is 469 g/mol. The standard InChI is InChI=1S/C28H31N5O2/c29-23-14-13-19(17-31-23)18-32-27(35)28-16-22(28)12-7-15-33(28)26(34)25(30)24(20-8-3-1-4-9-20)21-10-5-2-6-11-21/h1-6,8-11,13-14,17,22,24-25H,7,12,15-16,18,30H2,(H2,29,31)(H,32,35)/t22-,25-,28+/m1/s1. The molecule has 5 rings (SSSR count). The first-order chi connectivity index (χ1) is 17.0. The van der Waals surface area contributed by atoms with Crippen molar-refractivity contribution in [1.82, 2.24) is 15.2 Å². The third-order valence-corrected chi connectivity index (χ3v) is 7.41. The smallest absolute Gasteiger partial charge is 0.246 e. The molecule has 7 nitrogen and oxygen atoms in total. The minimum atomic E-state index is -0.813. The van der Waals surface area contributed by atoms with Crippen molar-refractivity contribution in [2.24, 2.45) is 11.7 Å². The van der Waals surface area contributed by atoms with E-state index in [0.29, 0.717) is 25.3 Å². The van der Waals surface area contributed by atoms with Crippen molar-refractivity contribution in [3.05, 3.63) is 95.7 Å². The summed E-state index contributed by atoms with van der Waals surface area (Å²) in [5.74, 6) is 0.0175. The van der Waals surface area contributed by atoms with Gasteiger partial charge in [0.05, 0.1) is 6.04 Å². The Hall–Kier alpha value is -3.71. The van der Waals surface area contributed by atoms with E-state index in [0.717, 1.165) is 29.5 Å². The van der Waals surface area contributed by atoms with Crippen LogP contribution in [0.5, 0.6) is 0 Å². The summed E-state index contributed by atoms with van der Waals surface area (Å²) < 4.78 is 0. The van der Waals surface area contributed by atoms with E-state index in [-0.39, 0.29) is 23.7 Å². The van der Waals surface area contributed by atoms with Crippen LogP contribution in [-0.4, -0.2) is 39.8 Å². The number of likely N-dealkylation sites (tertiary alicyclic amines) is 1. The number of pyridine rings is 1. The van der Waals surface area contributed by atoms with E-state index in [1.165, 1.54) is 0 Å². The molecule has 2 amide bonds. The fraction of sp³-hybridized carbons (Fsp3) is 0.321. The van der Waals surface area contributed by atoms with Crippen LogP contribution < -0.4 is 16.8 Å². The van der Waals surface area contributed by atoms with Gasteiger partial charge in [-0.15, -0.1) is 0 Å². The molecule has 35 heavy (non-hydrogen) atoms. The van der Waals surface area contributed by atoms with Crippen LogP contribution in [0, 0.1) is 5.92 Å². The van der Waals surface area contributed by atoms with Crippen LogP contribution >= 0.6 is 0 Å². The normalized spacial score (nSPS) is 21.8. The number of carbonyl (C=O) groups is 2. The fourth-order valence-corrected chi connectivity index (χ4v) is 5.52. The highest BCUT2D eigenvalue weighted by molar-refractivity contribution is 5.96. The van der Waals surface area contributed by atoms with Gasteiger partial charge in [-0.2, -0.15) is 0 Å². The predicted octanol–water partition coefficient (Wildman–Crippen LogP) is 2.82. The van der Waals surface area contributed by atoms with Crippen LogP contribution in [0.4, 0.5) is 5.82 Å². The molecule has 180 valence electrons. The van der Waals surface area contributed by atoms with Crippen LogP contribution in [0.1, 0.15) is 41.9 Å². The second-order valence-corrected chi connectivity index (χ2v) is 9.56. The zero-order chi connectivity index (χ0) is 24.4. The maximum Gasteiger partial charge on any atom is 0.246 e. The first-order valence-corrected chi connectivity index (χ1v) is 12.2. The summed E-state index contributed by atoms with van der Waals surface area (Å²) in [6.07, 6.45) is 4.15. The summed E-state index contributed by atoms with van der Waals surface area (Å²) in [4.78, 5) is 33.3. The lowest BCUT2D eigenvalue weighted by atomic mass is 9.84. The third kappa shape index (κ3) is 4.39. The van der Waals surface area contributed by atoms with E-state index >= 15 is 0 Å². The van der Waals surface area contributed by atoms with Gasteiger partial charge in [0.15, 0.2) is 0 Å². The molecule has 2 heterocycles. The molecule has 7 heteroatoms. The Morgan fingerprint density at radius 3 is 2.29 bits per heavy atom. The molecule has 0 unspecified atom stereocenters.